The topological polar surface area (TPSA) is 49.6 Å². The fourth-order valence-corrected chi connectivity index (χ4v) is 2.17. The van der Waals surface area contributed by atoms with Crippen LogP contribution >= 0.6 is 0 Å². The number of carbonyl (C=O) groups is 1. The molecule has 4 heteroatoms. The van der Waals surface area contributed by atoms with Crippen molar-refractivity contribution < 1.29 is 4.79 Å². The molecule has 0 saturated carbocycles. The lowest BCUT2D eigenvalue weighted by Gasteiger charge is -2.34. The van der Waals surface area contributed by atoms with Gasteiger partial charge in [-0.2, -0.15) is 0 Å². The van der Waals surface area contributed by atoms with Gasteiger partial charge in [0.25, 0.3) is 0 Å². The summed E-state index contributed by atoms with van der Waals surface area (Å²) >= 11 is 0. The summed E-state index contributed by atoms with van der Waals surface area (Å²) < 4.78 is 0. The number of hydrogen-bond acceptors (Lipinski definition) is 2. The second-order valence-electron chi connectivity index (χ2n) is 6.40. The predicted molar refractivity (Wildman–Crippen MR) is 66.2 cm³/mol. The third-order valence-electron chi connectivity index (χ3n) is 3.59. The van der Waals surface area contributed by atoms with Crippen LogP contribution in [0.5, 0.6) is 0 Å². The van der Waals surface area contributed by atoms with Crippen molar-refractivity contribution in [2.75, 3.05) is 20.1 Å². The number of nitrogens with two attached hydrogens (primary N) is 1. The first-order chi connectivity index (χ1) is 7.11. The minimum Gasteiger partial charge on any atom is -0.328 e. The van der Waals surface area contributed by atoms with E-state index in [4.69, 9.17) is 5.73 Å². The van der Waals surface area contributed by atoms with Crippen LogP contribution < -0.4 is 5.73 Å². The molecule has 94 valence electrons. The molecule has 0 bridgehead atoms. The Hall–Kier alpha value is -0.770. The Bertz CT molecular complexity index is 280. The van der Waals surface area contributed by atoms with E-state index < -0.39 is 0 Å². The number of nitrogens with zero attached hydrogens (tertiary/aromatic N) is 2. The van der Waals surface area contributed by atoms with Crippen LogP contribution in [0.1, 0.15) is 34.6 Å². The van der Waals surface area contributed by atoms with Crippen LogP contribution in [-0.2, 0) is 0 Å². The highest BCUT2D eigenvalue weighted by molar-refractivity contribution is 5.78. The van der Waals surface area contributed by atoms with Crippen LogP contribution in [0.2, 0.25) is 0 Å². The monoisotopic (exact) mass is 227 g/mol. The largest absolute Gasteiger partial charge is 0.328 e. The van der Waals surface area contributed by atoms with Crippen molar-refractivity contribution in [2.24, 2.45) is 11.1 Å². The molecule has 1 fully saturated rings. The molecule has 0 radical (unpaired) electrons. The van der Waals surface area contributed by atoms with Crippen LogP contribution in [0.3, 0.4) is 0 Å². The zero-order valence-corrected chi connectivity index (χ0v) is 11.4. The molecule has 16 heavy (non-hydrogen) atoms. The maximum absolute atomic E-state index is 12.2. The first-order valence-corrected chi connectivity index (χ1v) is 5.86. The summed E-state index contributed by atoms with van der Waals surface area (Å²) in [4.78, 5) is 15.9. The Morgan fingerprint density at radius 3 is 2.12 bits per heavy atom. The molecule has 0 aromatic carbocycles. The van der Waals surface area contributed by atoms with Gasteiger partial charge in [-0.3, -0.25) is 0 Å². The fraction of sp³-hybridized carbons (Fsp3) is 0.917. The summed E-state index contributed by atoms with van der Waals surface area (Å²) in [5, 5.41) is 0. The Morgan fingerprint density at radius 1 is 1.31 bits per heavy atom. The number of carbonyl (C=O) groups excluding carboxylic acids is 1. The molecule has 0 aromatic rings. The van der Waals surface area contributed by atoms with Gasteiger partial charge in [-0.05, 0) is 19.3 Å². The van der Waals surface area contributed by atoms with Gasteiger partial charge in [0.2, 0.25) is 0 Å². The van der Waals surface area contributed by atoms with Gasteiger partial charge >= 0.3 is 6.03 Å². The lowest BCUT2D eigenvalue weighted by atomic mass is 9.86. The van der Waals surface area contributed by atoms with Gasteiger partial charge in [0, 0.05) is 20.1 Å². The molecule has 0 aliphatic carbocycles. The highest BCUT2D eigenvalue weighted by Crippen LogP contribution is 2.32. The molecule has 0 aromatic heterocycles. The first kappa shape index (κ1) is 13.3. The van der Waals surface area contributed by atoms with Gasteiger partial charge in [-0.1, -0.05) is 20.8 Å². The van der Waals surface area contributed by atoms with E-state index in [1.54, 1.807) is 0 Å². The van der Waals surface area contributed by atoms with Crippen LogP contribution in [0.15, 0.2) is 0 Å². The molecule has 0 spiro atoms. The fourth-order valence-electron chi connectivity index (χ4n) is 2.17. The van der Waals surface area contributed by atoms with E-state index in [0.717, 1.165) is 6.54 Å². The number of likely N-dealkylation sites (N-methyl/N-ethyl adjacent to an activating group) is 1. The Morgan fingerprint density at radius 2 is 1.81 bits per heavy atom. The molecule has 1 aliphatic rings. The number of rotatable bonds is 2. The van der Waals surface area contributed by atoms with E-state index in [9.17, 15) is 4.79 Å². The van der Waals surface area contributed by atoms with Crippen molar-refractivity contribution in [3.8, 4) is 0 Å². The predicted octanol–water partition coefficient (Wildman–Crippen LogP) is 1.51. The molecule has 2 N–H and O–H groups in total. The average molecular weight is 227 g/mol. The van der Waals surface area contributed by atoms with Gasteiger partial charge in [-0.15, -0.1) is 0 Å². The standard InChI is InChI=1S/C12H25N3O/c1-11(2,3)9-7-15(10(16)14(9)6)12(4,5)8-13/h9H,7-8,13H2,1-6H3. The molecule has 1 saturated heterocycles. The van der Waals surface area contributed by atoms with E-state index in [1.165, 1.54) is 0 Å². The van der Waals surface area contributed by atoms with Crippen molar-refractivity contribution >= 4 is 6.03 Å². The summed E-state index contributed by atoms with van der Waals surface area (Å²) in [6.07, 6.45) is 0. The van der Waals surface area contributed by atoms with Crippen LogP contribution in [0.4, 0.5) is 4.79 Å². The summed E-state index contributed by atoms with van der Waals surface area (Å²) in [6, 6.07) is 0.348. The second-order valence-corrected chi connectivity index (χ2v) is 6.40. The SMILES string of the molecule is CN1C(=O)N(C(C)(C)CN)CC1C(C)(C)C. The number of urea groups is 1. The van der Waals surface area contributed by atoms with Crippen molar-refractivity contribution in [1.82, 2.24) is 9.80 Å². The van der Waals surface area contributed by atoms with Crippen molar-refractivity contribution in [3.05, 3.63) is 0 Å². The molecular formula is C12H25N3O. The normalized spacial score (nSPS) is 23.2. The highest BCUT2D eigenvalue weighted by Gasteiger charge is 2.45. The van der Waals surface area contributed by atoms with Crippen molar-refractivity contribution in [2.45, 2.75) is 46.2 Å². The molecule has 1 aliphatic heterocycles. The van der Waals surface area contributed by atoms with Crippen molar-refractivity contribution in [1.29, 1.82) is 0 Å². The lowest BCUT2D eigenvalue weighted by Crippen LogP contribution is -2.50. The van der Waals surface area contributed by atoms with Gasteiger partial charge in [0.05, 0.1) is 11.6 Å². The zero-order valence-electron chi connectivity index (χ0n) is 11.4. The third-order valence-corrected chi connectivity index (χ3v) is 3.59. The minimum absolute atomic E-state index is 0.0929. The molecule has 4 nitrogen and oxygen atoms in total. The lowest BCUT2D eigenvalue weighted by molar-refractivity contribution is 0.154. The first-order valence-electron chi connectivity index (χ1n) is 5.86. The Kier molecular flexibility index (Phi) is 3.25. The van der Waals surface area contributed by atoms with Gasteiger partial charge in [0.15, 0.2) is 0 Å². The zero-order chi connectivity index (χ0) is 12.7. The molecular weight excluding hydrogens is 202 g/mol. The maximum Gasteiger partial charge on any atom is 0.320 e. The molecule has 2 amide bonds. The average Bonchev–Trinajstić information content (AvgIpc) is 2.44. The maximum atomic E-state index is 12.2. The minimum atomic E-state index is -0.259. The van der Waals surface area contributed by atoms with Crippen LogP contribution in [-0.4, -0.2) is 47.5 Å². The van der Waals surface area contributed by atoms with E-state index in [1.807, 2.05) is 30.7 Å². The Balaban J connectivity index is 2.93. The Labute approximate surface area is 98.8 Å². The van der Waals surface area contributed by atoms with Crippen LogP contribution in [0.25, 0.3) is 0 Å². The molecule has 1 unspecified atom stereocenters. The van der Waals surface area contributed by atoms with E-state index in [-0.39, 0.29) is 23.0 Å². The second kappa shape index (κ2) is 3.91. The number of hydrogen-bond donors (Lipinski definition) is 1. The molecule has 1 heterocycles. The quantitative estimate of drug-likeness (QED) is 0.777. The summed E-state index contributed by atoms with van der Waals surface area (Å²) in [5.41, 5.74) is 5.58. The van der Waals surface area contributed by atoms with Gasteiger partial charge < -0.3 is 15.5 Å². The highest BCUT2D eigenvalue weighted by atomic mass is 16.2. The summed E-state index contributed by atoms with van der Waals surface area (Å²) in [5.74, 6) is 0. The van der Waals surface area contributed by atoms with E-state index in [2.05, 4.69) is 20.8 Å². The van der Waals surface area contributed by atoms with E-state index >= 15 is 0 Å². The van der Waals surface area contributed by atoms with Crippen molar-refractivity contribution in [3.63, 3.8) is 0 Å². The van der Waals surface area contributed by atoms with Crippen LogP contribution in [0, 0.1) is 5.41 Å². The molecule has 1 atom stereocenters. The summed E-state index contributed by atoms with van der Waals surface area (Å²) in [7, 11) is 1.88. The molecule has 1 rings (SSSR count). The van der Waals surface area contributed by atoms with E-state index in [0.29, 0.717) is 6.54 Å². The number of amides is 2. The van der Waals surface area contributed by atoms with Gasteiger partial charge in [0.1, 0.15) is 0 Å². The summed E-state index contributed by atoms with van der Waals surface area (Å²) in [6.45, 7) is 11.8. The third kappa shape index (κ3) is 2.17. The van der Waals surface area contributed by atoms with Gasteiger partial charge in [-0.25, -0.2) is 4.79 Å². The smallest absolute Gasteiger partial charge is 0.320 e.